The Bertz CT molecular complexity index is 950. The Labute approximate surface area is 192 Å². The molecule has 0 aliphatic rings. The smallest absolute Gasteiger partial charge is 0.267 e. The minimum atomic E-state index is -0.518. The van der Waals surface area contributed by atoms with E-state index in [0.29, 0.717) is 30.1 Å². The molecule has 0 atom stereocenters. The van der Waals surface area contributed by atoms with Crippen LogP contribution in [0.1, 0.15) is 61.0 Å². The molecule has 0 radical (unpaired) electrons. The predicted molar refractivity (Wildman–Crippen MR) is 133 cm³/mol. The van der Waals surface area contributed by atoms with Gasteiger partial charge in [0.15, 0.2) is 11.6 Å². The van der Waals surface area contributed by atoms with Crippen LogP contribution in [0.3, 0.4) is 0 Å². The number of rotatable bonds is 9. The van der Waals surface area contributed by atoms with Crippen LogP contribution >= 0.6 is 0 Å². The third kappa shape index (κ3) is 8.25. The third-order valence-corrected chi connectivity index (χ3v) is 4.62. The van der Waals surface area contributed by atoms with Gasteiger partial charge in [-0.2, -0.15) is 0 Å². The molecule has 0 bridgehead atoms. The number of carbonyl (C=O) groups excluding carboxylic acids is 1. The Kier molecular flexibility index (Phi) is 10.2. The van der Waals surface area contributed by atoms with Crippen LogP contribution in [-0.2, 0) is 4.79 Å². The van der Waals surface area contributed by atoms with Crippen molar-refractivity contribution < 1.29 is 13.9 Å². The van der Waals surface area contributed by atoms with Crippen molar-refractivity contribution in [3.63, 3.8) is 0 Å². The highest BCUT2D eigenvalue weighted by Gasteiger charge is 2.21. The monoisotopic (exact) mass is 441 g/mol. The molecule has 1 rings (SSSR count). The lowest BCUT2D eigenvalue weighted by molar-refractivity contribution is -0.125. The van der Waals surface area contributed by atoms with Crippen LogP contribution in [0.15, 0.2) is 58.5 Å². The zero-order valence-electron chi connectivity index (χ0n) is 20.6. The molecule has 0 spiro atoms. The first-order valence-electron chi connectivity index (χ1n) is 10.7. The predicted octanol–water partition coefficient (Wildman–Crippen LogP) is 6.43. The normalized spacial score (nSPS) is 13.8. The number of allylic oxidation sites excluding steroid dienone is 4. The van der Waals surface area contributed by atoms with E-state index in [2.05, 4.69) is 37.3 Å². The number of ether oxygens (including phenoxy) is 1. The molecule has 0 aliphatic heterocycles. The van der Waals surface area contributed by atoms with Gasteiger partial charge >= 0.3 is 0 Å². The highest BCUT2D eigenvalue weighted by atomic mass is 19.1. The molecule has 174 valence electrons. The van der Waals surface area contributed by atoms with E-state index in [0.717, 1.165) is 5.57 Å². The second-order valence-corrected chi connectivity index (χ2v) is 8.66. The Morgan fingerprint density at radius 1 is 1.25 bits per heavy atom. The summed E-state index contributed by atoms with van der Waals surface area (Å²) >= 11 is 0. The number of amides is 1. The van der Waals surface area contributed by atoms with Crippen molar-refractivity contribution in [2.75, 3.05) is 13.1 Å². The molecule has 5 nitrogen and oxygen atoms in total. The fraction of sp³-hybridized carbons (Fsp3) is 0.423. The van der Waals surface area contributed by atoms with E-state index >= 15 is 0 Å². The van der Waals surface area contributed by atoms with Gasteiger partial charge in [-0.1, -0.05) is 39.5 Å². The maximum absolute atomic E-state index is 14.7. The van der Waals surface area contributed by atoms with Gasteiger partial charge in [-0.3, -0.25) is 9.79 Å². The van der Waals surface area contributed by atoms with Crippen LogP contribution < -0.4 is 4.74 Å². The first kappa shape index (κ1) is 27.0. The van der Waals surface area contributed by atoms with Crippen molar-refractivity contribution in [1.29, 1.82) is 0 Å². The van der Waals surface area contributed by atoms with E-state index < -0.39 is 5.82 Å². The molecule has 1 aromatic rings. The molecule has 0 saturated heterocycles. The molecule has 32 heavy (non-hydrogen) atoms. The second-order valence-electron chi connectivity index (χ2n) is 8.66. The largest absolute Gasteiger partial charge is 0.436 e. The average Bonchev–Trinajstić information content (AvgIpc) is 2.71. The van der Waals surface area contributed by atoms with Gasteiger partial charge in [0.1, 0.15) is 5.71 Å². The molecule has 6 heteroatoms. The van der Waals surface area contributed by atoms with Gasteiger partial charge < -0.3 is 9.64 Å². The van der Waals surface area contributed by atoms with Crippen LogP contribution in [0.4, 0.5) is 4.39 Å². The Morgan fingerprint density at radius 3 is 2.41 bits per heavy atom. The van der Waals surface area contributed by atoms with Crippen molar-refractivity contribution in [1.82, 2.24) is 4.90 Å². The van der Waals surface area contributed by atoms with E-state index in [1.165, 1.54) is 12.1 Å². The molecule has 0 heterocycles. The molecular weight excluding hydrogens is 405 g/mol. The van der Waals surface area contributed by atoms with E-state index in [1.807, 2.05) is 20.8 Å². The van der Waals surface area contributed by atoms with E-state index in [-0.39, 0.29) is 23.0 Å². The summed E-state index contributed by atoms with van der Waals surface area (Å²) in [5, 5.41) is 0. The van der Waals surface area contributed by atoms with Gasteiger partial charge in [-0.05, 0) is 63.3 Å². The number of aliphatic imine (C=N–C) groups is 2. The number of hydrogen-bond acceptors (Lipinski definition) is 4. The lowest BCUT2D eigenvalue weighted by Crippen LogP contribution is -2.40. The zero-order chi connectivity index (χ0) is 24.5. The topological polar surface area (TPSA) is 54.3 Å². The fourth-order valence-corrected chi connectivity index (χ4v) is 2.98. The van der Waals surface area contributed by atoms with Gasteiger partial charge in [-0.25, -0.2) is 9.38 Å². The summed E-state index contributed by atoms with van der Waals surface area (Å²) < 4.78 is 20.2. The minimum Gasteiger partial charge on any atom is -0.436 e. The first-order chi connectivity index (χ1) is 14.9. The molecular formula is C26H36FN3O2. The lowest BCUT2D eigenvalue weighted by Gasteiger charge is -2.29. The van der Waals surface area contributed by atoms with Gasteiger partial charge in [0.25, 0.3) is 5.91 Å². The third-order valence-electron chi connectivity index (χ3n) is 4.62. The SMILES string of the molecule is C=C/C=C(\N=C/C)Oc1ccc(/C(C)=C(\C)N=C(C)C(=O)N(CC)CC(C)(C)C)cc1F. The Morgan fingerprint density at radius 2 is 1.91 bits per heavy atom. The summed E-state index contributed by atoms with van der Waals surface area (Å²) in [6.45, 7) is 20.2. The van der Waals surface area contributed by atoms with E-state index in [4.69, 9.17) is 4.74 Å². The van der Waals surface area contributed by atoms with Crippen LogP contribution in [0, 0.1) is 11.2 Å². The molecule has 0 fully saturated rings. The van der Waals surface area contributed by atoms with E-state index in [1.54, 1.807) is 43.2 Å². The highest BCUT2D eigenvalue weighted by molar-refractivity contribution is 6.38. The molecule has 0 aromatic heterocycles. The molecule has 1 amide bonds. The van der Waals surface area contributed by atoms with Gasteiger partial charge in [0.2, 0.25) is 5.88 Å². The summed E-state index contributed by atoms with van der Waals surface area (Å²) in [5.41, 5.74) is 2.49. The molecule has 1 aromatic carbocycles. The number of benzene rings is 1. The van der Waals surface area contributed by atoms with Crippen molar-refractivity contribution in [2.45, 2.75) is 55.4 Å². The van der Waals surface area contributed by atoms with E-state index in [9.17, 15) is 9.18 Å². The second kappa shape index (κ2) is 12.1. The summed E-state index contributed by atoms with van der Waals surface area (Å²) in [7, 11) is 0. The molecule has 0 unspecified atom stereocenters. The maximum atomic E-state index is 14.7. The van der Waals surface area contributed by atoms with Crippen molar-refractivity contribution >= 4 is 23.4 Å². The van der Waals surface area contributed by atoms with Crippen LogP contribution in [0.25, 0.3) is 5.57 Å². The number of halogens is 1. The standard InChI is InChI=1S/C26H36FN3O2/c1-10-13-24(28-11-2)32-23-15-14-21(16-22(23)27)18(4)19(5)29-20(6)25(31)30(12-3)17-26(7,8)9/h10-11,13-16H,1,12,17H2,2-9H3/b19-18+,24-13+,28-11-,29-20?. The molecule has 0 N–H and O–H groups in total. The summed E-state index contributed by atoms with van der Waals surface area (Å²) in [5.74, 6) is -0.307. The lowest BCUT2D eigenvalue weighted by atomic mass is 9.96. The Hall–Kier alpha value is -3.02. The van der Waals surface area contributed by atoms with Crippen LogP contribution in [0.2, 0.25) is 0 Å². The van der Waals surface area contributed by atoms with Gasteiger partial charge in [-0.15, -0.1) is 0 Å². The van der Waals surface area contributed by atoms with Gasteiger partial charge in [0, 0.05) is 31.1 Å². The number of nitrogens with zero attached hydrogens (tertiary/aromatic N) is 3. The van der Waals surface area contributed by atoms with Gasteiger partial charge in [0.05, 0.1) is 0 Å². The minimum absolute atomic E-state index is 0.00272. The highest BCUT2D eigenvalue weighted by Crippen LogP contribution is 2.26. The Balaban J connectivity index is 3.16. The summed E-state index contributed by atoms with van der Waals surface area (Å²) in [6.07, 6.45) is 4.63. The van der Waals surface area contributed by atoms with Crippen molar-refractivity contribution in [3.05, 3.63) is 59.9 Å². The summed E-state index contributed by atoms with van der Waals surface area (Å²) in [6, 6.07) is 4.69. The average molecular weight is 442 g/mol. The zero-order valence-corrected chi connectivity index (χ0v) is 20.6. The maximum Gasteiger partial charge on any atom is 0.267 e. The van der Waals surface area contributed by atoms with Crippen LogP contribution in [-0.4, -0.2) is 35.8 Å². The first-order valence-corrected chi connectivity index (χ1v) is 10.7. The quantitative estimate of drug-likeness (QED) is 0.252. The molecule has 0 aliphatic carbocycles. The number of hydrogen-bond donors (Lipinski definition) is 0. The number of carbonyl (C=O) groups is 1. The fourth-order valence-electron chi connectivity index (χ4n) is 2.98. The summed E-state index contributed by atoms with van der Waals surface area (Å²) in [4.78, 5) is 23.2. The van der Waals surface area contributed by atoms with Crippen LogP contribution in [0.5, 0.6) is 5.75 Å². The van der Waals surface area contributed by atoms with Crippen molar-refractivity contribution in [3.8, 4) is 5.75 Å². The molecule has 0 saturated carbocycles. The van der Waals surface area contributed by atoms with Crippen molar-refractivity contribution in [2.24, 2.45) is 15.4 Å².